The van der Waals surface area contributed by atoms with Gasteiger partial charge >= 0.3 is 0 Å². The molecule has 1 unspecified atom stereocenters. The summed E-state index contributed by atoms with van der Waals surface area (Å²) < 4.78 is 14.1. The second kappa shape index (κ2) is 5.87. The Bertz CT molecular complexity index is 481. The van der Waals surface area contributed by atoms with Crippen molar-refractivity contribution in [1.82, 2.24) is 9.21 Å². The number of fused-ring (bicyclic) bond motifs is 1. The normalized spacial score (nSPS) is 18.8. The molecule has 0 fully saturated rings. The Balaban J connectivity index is 2.04. The van der Waals surface area contributed by atoms with Crippen molar-refractivity contribution < 1.29 is 9.48 Å². The summed E-state index contributed by atoms with van der Waals surface area (Å²) in [5.74, 6) is 0. The molecule has 1 aliphatic rings. The molecule has 6 nitrogen and oxygen atoms in total. The highest BCUT2D eigenvalue weighted by molar-refractivity contribution is 7.89. The molecule has 1 atom stereocenters. The summed E-state index contributed by atoms with van der Waals surface area (Å²) >= 11 is -1.18. The van der Waals surface area contributed by atoms with Gasteiger partial charge in [0.05, 0.1) is 22.8 Å². The predicted molar refractivity (Wildman–Crippen MR) is 73.1 cm³/mol. The third-order valence-corrected chi connectivity index (χ3v) is 4.59. The van der Waals surface area contributed by atoms with Crippen LogP contribution in [0.2, 0.25) is 0 Å². The first kappa shape index (κ1) is 14.3. The molecule has 0 aliphatic carbocycles. The van der Waals surface area contributed by atoms with Crippen molar-refractivity contribution in [3.63, 3.8) is 0 Å². The topological polar surface area (TPSA) is 72.7 Å². The Morgan fingerprint density at radius 3 is 2.84 bits per heavy atom. The average Bonchev–Trinajstić information content (AvgIpc) is 2.65. The van der Waals surface area contributed by atoms with Crippen LogP contribution in [0.25, 0.3) is 0 Å². The van der Waals surface area contributed by atoms with E-state index < -0.39 is 16.3 Å². The van der Waals surface area contributed by atoms with E-state index in [2.05, 4.69) is 4.90 Å². The highest BCUT2D eigenvalue weighted by atomic mass is 32.2. The first-order valence-corrected chi connectivity index (χ1v) is 7.18. The van der Waals surface area contributed by atoms with E-state index in [1.54, 1.807) is 6.07 Å². The van der Waals surface area contributed by atoms with E-state index >= 15 is 0 Å². The lowest BCUT2D eigenvalue weighted by Gasteiger charge is -2.17. The molecule has 104 valence electrons. The number of nitrogens with zero attached hydrogens (tertiary/aromatic N) is 3. The van der Waals surface area contributed by atoms with Crippen LogP contribution in [0.5, 0.6) is 0 Å². The average molecular weight is 283 g/mol. The van der Waals surface area contributed by atoms with Gasteiger partial charge in [-0.15, -0.1) is 4.31 Å². The molecule has 0 amide bonds. The molecule has 0 radical (unpaired) electrons. The number of hydrogen-bond acceptors (Lipinski definition) is 5. The van der Waals surface area contributed by atoms with Crippen molar-refractivity contribution in [1.29, 1.82) is 0 Å². The van der Waals surface area contributed by atoms with Gasteiger partial charge in [-0.3, -0.25) is 10.1 Å². The van der Waals surface area contributed by atoms with Gasteiger partial charge in [-0.05, 0) is 27.1 Å². The number of rotatable bonds is 5. The minimum Gasteiger partial charge on any atom is -0.593 e. The molecule has 1 aromatic rings. The summed E-state index contributed by atoms with van der Waals surface area (Å²) in [7, 11) is 4.00. The molecule has 1 aromatic carbocycles. The summed E-state index contributed by atoms with van der Waals surface area (Å²) in [6.45, 7) is 2.19. The molecule has 1 heterocycles. The molecule has 0 N–H and O–H groups in total. The van der Waals surface area contributed by atoms with Crippen LogP contribution in [0.4, 0.5) is 5.69 Å². The fourth-order valence-electron chi connectivity index (χ4n) is 2.09. The number of non-ortho nitro benzene ring substituents is 1. The molecule has 1 aliphatic heterocycles. The van der Waals surface area contributed by atoms with Crippen molar-refractivity contribution in [3.05, 3.63) is 33.9 Å². The van der Waals surface area contributed by atoms with E-state index in [1.165, 1.54) is 12.1 Å². The van der Waals surface area contributed by atoms with Crippen LogP contribution in [0, 0.1) is 10.1 Å². The number of hydrogen-bond donors (Lipinski definition) is 0. The number of nitro groups is 1. The van der Waals surface area contributed by atoms with E-state index in [0.29, 0.717) is 11.4 Å². The van der Waals surface area contributed by atoms with Gasteiger partial charge in [0.25, 0.3) is 5.69 Å². The van der Waals surface area contributed by atoms with Crippen LogP contribution in [0.3, 0.4) is 0 Å². The summed E-state index contributed by atoms with van der Waals surface area (Å²) in [4.78, 5) is 13.1. The summed E-state index contributed by atoms with van der Waals surface area (Å²) in [5, 5.41) is 10.7. The Kier molecular flexibility index (Phi) is 4.41. The molecular formula is C12H17N3O3S. The van der Waals surface area contributed by atoms with Crippen LogP contribution in [-0.4, -0.2) is 45.9 Å². The minimum atomic E-state index is -1.18. The standard InChI is InChI=1S/C12H17N3O3S/c1-13(2)6-3-7-14-9-10-8-11(15(16)17)4-5-12(10)19(14)18/h4-5,8H,3,6-7,9H2,1-2H3. The Morgan fingerprint density at radius 1 is 1.47 bits per heavy atom. The van der Waals surface area contributed by atoms with Crippen molar-refractivity contribution >= 4 is 17.0 Å². The monoisotopic (exact) mass is 283 g/mol. The lowest BCUT2D eigenvalue weighted by atomic mass is 10.2. The highest BCUT2D eigenvalue weighted by Crippen LogP contribution is 2.32. The van der Waals surface area contributed by atoms with Crippen LogP contribution in [0.1, 0.15) is 12.0 Å². The third-order valence-electron chi connectivity index (χ3n) is 3.04. The predicted octanol–water partition coefficient (Wildman–Crippen LogP) is 1.38. The van der Waals surface area contributed by atoms with Gasteiger partial charge < -0.3 is 9.45 Å². The third kappa shape index (κ3) is 3.24. The largest absolute Gasteiger partial charge is 0.593 e. The maximum Gasteiger partial charge on any atom is 0.270 e. The molecule has 0 saturated heterocycles. The maximum absolute atomic E-state index is 12.2. The molecule has 7 heteroatoms. The van der Waals surface area contributed by atoms with Gasteiger partial charge in [0.2, 0.25) is 0 Å². The molecule has 2 rings (SSSR count). The molecule has 0 saturated carbocycles. The minimum absolute atomic E-state index is 0.0610. The SMILES string of the molecule is CN(C)CCCN1Cc2cc([N+](=O)[O-])ccc2[S+]1[O-]. The van der Waals surface area contributed by atoms with Gasteiger partial charge in [-0.1, -0.05) is 0 Å². The molecule has 19 heavy (non-hydrogen) atoms. The zero-order valence-corrected chi connectivity index (χ0v) is 11.9. The zero-order chi connectivity index (χ0) is 14.0. The quantitative estimate of drug-likeness (QED) is 0.464. The van der Waals surface area contributed by atoms with Crippen molar-refractivity contribution in [2.24, 2.45) is 0 Å². The van der Waals surface area contributed by atoms with E-state index in [1.807, 2.05) is 18.4 Å². The Morgan fingerprint density at radius 2 is 2.21 bits per heavy atom. The summed E-state index contributed by atoms with van der Waals surface area (Å²) in [5.41, 5.74) is 0.864. The molecule has 0 bridgehead atoms. The van der Waals surface area contributed by atoms with Gasteiger partial charge in [0.15, 0.2) is 4.90 Å². The number of nitro benzene ring substituents is 1. The van der Waals surface area contributed by atoms with Crippen LogP contribution in [0.15, 0.2) is 23.1 Å². The Labute approximate surface area is 115 Å². The van der Waals surface area contributed by atoms with Crippen molar-refractivity contribution in [2.45, 2.75) is 17.9 Å². The zero-order valence-electron chi connectivity index (χ0n) is 11.0. The van der Waals surface area contributed by atoms with Gasteiger partial charge in [0.1, 0.15) is 0 Å². The highest BCUT2D eigenvalue weighted by Gasteiger charge is 2.34. The van der Waals surface area contributed by atoms with Crippen LogP contribution >= 0.6 is 0 Å². The molecule has 0 aromatic heterocycles. The first-order valence-electron chi connectivity index (χ1n) is 6.08. The second-order valence-corrected chi connectivity index (χ2v) is 6.27. The maximum atomic E-state index is 12.2. The van der Waals surface area contributed by atoms with E-state index in [0.717, 1.165) is 25.1 Å². The van der Waals surface area contributed by atoms with E-state index in [-0.39, 0.29) is 5.69 Å². The van der Waals surface area contributed by atoms with Crippen molar-refractivity contribution in [3.8, 4) is 0 Å². The van der Waals surface area contributed by atoms with Gasteiger partial charge in [-0.2, -0.15) is 0 Å². The summed E-state index contributed by atoms with van der Waals surface area (Å²) in [6.07, 6.45) is 0.925. The van der Waals surface area contributed by atoms with E-state index in [4.69, 9.17) is 0 Å². The van der Waals surface area contributed by atoms with Crippen LogP contribution in [-0.2, 0) is 17.9 Å². The fraction of sp³-hybridized carbons (Fsp3) is 0.500. The second-order valence-electron chi connectivity index (χ2n) is 4.82. The van der Waals surface area contributed by atoms with Gasteiger partial charge in [-0.25, -0.2) is 0 Å². The lowest BCUT2D eigenvalue weighted by molar-refractivity contribution is -0.385. The number of benzene rings is 1. The van der Waals surface area contributed by atoms with E-state index in [9.17, 15) is 14.7 Å². The van der Waals surface area contributed by atoms with Crippen molar-refractivity contribution in [2.75, 3.05) is 27.2 Å². The fourth-order valence-corrected chi connectivity index (χ4v) is 3.45. The molecular weight excluding hydrogens is 266 g/mol. The smallest absolute Gasteiger partial charge is 0.270 e. The summed E-state index contributed by atoms with van der Waals surface area (Å²) in [6, 6.07) is 4.55. The van der Waals surface area contributed by atoms with Gasteiger partial charge in [0, 0.05) is 30.3 Å². The lowest BCUT2D eigenvalue weighted by Crippen LogP contribution is -2.27. The molecule has 0 spiro atoms. The van der Waals surface area contributed by atoms with Crippen LogP contribution < -0.4 is 0 Å². The Hall–Kier alpha value is -1.15. The first-order chi connectivity index (χ1) is 8.99.